The minimum absolute atomic E-state index is 0.270. The number of imidazole rings is 1. The Bertz CT molecular complexity index is 1290. The van der Waals surface area contributed by atoms with Crippen LogP contribution in [0.5, 0.6) is 0 Å². The first-order chi connectivity index (χ1) is 15.4. The number of amides is 1. The number of halogens is 2. The normalized spacial score (nSPS) is 10.9. The van der Waals surface area contributed by atoms with Crippen LogP contribution < -0.4 is 5.32 Å². The van der Waals surface area contributed by atoms with Crippen LogP contribution in [0, 0.1) is 13.8 Å². The molecule has 1 aromatic carbocycles. The van der Waals surface area contributed by atoms with Gasteiger partial charge in [-0.3, -0.25) is 9.78 Å². The largest absolute Gasteiger partial charge is 0.347 e. The van der Waals surface area contributed by atoms with Crippen LogP contribution in [0.3, 0.4) is 0 Å². The van der Waals surface area contributed by atoms with Crippen molar-refractivity contribution in [2.45, 2.75) is 26.9 Å². The lowest BCUT2D eigenvalue weighted by molar-refractivity contribution is 0.0946. The first-order valence-corrected chi connectivity index (χ1v) is 10.8. The lowest BCUT2D eigenvalue weighted by atomic mass is 10.0. The number of carbonyl (C=O) groups is 1. The zero-order valence-corrected chi connectivity index (χ0v) is 19.2. The van der Waals surface area contributed by atoms with Crippen LogP contribution >= 0.6 is 23.2 Å². The molecule has 0 aliphatic carbocycles. The second-order valence-corrected chi connectivity index (χ2v) is 8.28. The quantitative estimate of drug-likeness (QED) is 0.422. The Balaban J connectivity index is 1.65. The molecule has 32 heavy (non-hydrogen) atoms. The number of nitrogens with one attached hydrogen (secondary N) is 1. The molecular weight excluding hydrogens is 445 g/mol. The number of nitrogens with zero attached hydrogens (tertiary/aromatic N) is 4. The molecule has 0 fully saturated rings. The average Bonchev–Trinajstić information content (AvgIpc) is 3.18. The van der Waals surface area contributed by atoms with E-state index in [1.807, 2.05) is 48.9 Å². The average molecular weight is 466 g/mol. The van der Waals surface area contributed by atoms with Gasteiger partial charge < -0.3 is 9.88 Å². The molecule has 0 saturated carbocycles. The summed E-state index contributed by atoms with van der Waals surface area (Å²) in [6.45, 7) is 4.81. The molecule has 1 amide bonds. The summed E-state index contributed by atoms with van der Waals surface area (Å²) in [5.74, 6) is 0.627. The third-order valence-corrected chi connectivity index (χ3v) is 5.87. The molecule has 0 aliphatic rings. The van der Waals surface area contributed by atoms with Crippen molar-refractivity contribution < 1.29 is 4.79 Å². The predicted molar refractivity (Wildman–Crippen MR) is 126 cm³/mol. The van der Waals surface area contributed by atoms with E-state index >= 15 is 0 Å². The second kappa shape index (κ2) is 9.51. The first-order valence-electron chi connectivity index (χ1n) is 10.0. The molecule has 3 heterocycles. The molecule has 0 spiro atoms. The topological polar surface area (TPSA) is 72.7 Å². The highest BCUT2D eigenvalue weighted by Crippen LogP contribution is 2.24. The molecule has 0 radical (unpaired) electrons. The molecule has 6 nitrogen and oxygen atoms in total. The molecule has 0 bridgehead atoms. The lowest BCUT2D eigenvalue weighted by Crippen LogP contribution is -2.24. The number of carbonyl (C=O) groups excluding carboxylic acids is 1. The predicted octanol–water partition coefficient (Wildman–Crippen LogP) is 5.24. The summed E-state index contributed by atoms with van der Waals surface area (Å²) < 4.78 is 2.02. The van der Waals surface area contributed by atoms with Gasteiger partial charge in [-0.25, -0.2) is 9.97 Å². The molecule has 0 unspecified atom stereocenters. The van der Waals surface area contributed by atoms with Crippen molar-refractivity contribution in [3.8, 4) is 11.3 Å². The van der Waals surface area contributed by atoms with Gasteiger partial charge in [-0.2, -0.15) is 0 Å². The fourth-order valence-corrected chi connectivity index (χ4v) is 3.70. The van der Waals surface area contributed by atoms with E-state index in [1.165, 1.54) is 0 Å². The highest BCUT2D eigenvalue weighted by Gasteiger charge is 2.14. The van der Waals surface area contributed by atoms with Gasteiger partial charge in [0, 0.05) is 43.4 Å². The number of hydrogen-bond donors (Lipinski definition) is 1. The third kappa shape index (κ3) is 4.98. The Morgan fingerprint density at radius 3 is 2.59 bits per heavy atom. The van der Waals surface area contributed by atoms with Gasteiger partial charge in [0.2, 0.25) is 0 Å². The Hall–Kier alpha value is -3.22. The van der Waals surface area contributed by atoms with E-state index in [2.05, 4.69) is 20.3 Å². The van der Waals surface area contributed by atoms with E-state index in [4.69, 9.17) is 23.2 Å². The van der Waals surface area contributed by atoms with Crippen molar-refractivity contribution in [3.05, 3.63) is 99.4 Å². The molecule has 0 aliphatic heterocycles. The van der Waals surface area contributed by atoms with Crippen molar-refractivity contribution in [1.29, 1.82) is 0 Å². The van der Waals surface area contributed by atoms with E-state index in [0.717, 1.165) is 33.8 Å². The van der Waals surface area contributed by atoms with E-state index in [1.54, 1.807) is 30.7 Å². The first kappa shape index (κ1) is 22.0. The van der Waals surface area contributed by atoms with Gasteiger partial charge in [0.15, 0.2) is 0 Å². The molecule has 162 valence electrons. The smallest absolute Gasteiger partial charge is 0.270 e. The molecule has 3 aromatic heterocycles. The van der Waals surface area contributed by atoms with Gasteiger partial charge in [-0.05, 0) is 60.9 Å². The third-order valence-electron chi connectivity index (χ3n) is 5.13. The highest BCUT2D eigenvalue weighted by molar-refractivity contribution is 6.42. The summed E-state index contributed by atoms with van der Waals surface area (Å²) in [5.41, 5.74) is 4.78. The molecule has 0 saturated heterocycles. The zero-order chi connectivity index (χ0) is 22.7. The van der Waals surface area contributed by atoms with Gasteiger partial charge in [-0.1, -0.05) is 29.3 Å². The standard InChI is InChI=1S/C24H21Cl2N5O/c1-15-12-27-6-5-19(15)22-10-18(14-31-8-7-28-16(31)2)11-23(30-22)24(32)29-13-17-3-4-20(25)21(26)9-17/h3-12H,13-14H2,1-2H3,(H,29,32). The summed E-state index contributed by atoms with van der Waals surface area (Å²) in [4.78, 5) is 26.1. The van der Waals surface area contributed by atoms with Crippen molar-refractivity contribution in [3.63, 3.8) is 0 Å². The Morgan fingerprint density at radius 1 is 1.03 bits per heavy atom. The molecular formula is C24H21Cl2N5O. The molecule has 1 N–H and O–H groups in total. The maximum Gasteiger partial charge on any atom is 0.270 e. The number of aromatic nitrogens is 4. The van der Waals surface area contributed by atoms with Gasteiger partial charge >= 0.3 is 0 Å². The monoisotopic (exact) mass is 465 g/mol. The fraction of sp³-hybridized carbons (Fsp3) is 0.167. The van der Waals surface area contributed by atoms with E-state index in [9.17, 15) is 4.79 Å². The van der Waals surface area contributed by atoms with Gasteiger partial charge in [0.25, 0.3) is 5.91 Å². The van der Waals surface area contributed by atoms with Crippen LogP contribution in [0.2, 0.25) is 10.0 Å². The van der Waals surface area contributed by atoms with E-state index in [-0.39, 0.29) is 5.91 Å². The van der Waals surface area contributed by atoms with Gasteiger partial charge in [0.1, 0.15) is 11.5 Å². The summed E-state index contributed by atoms with van der Waals surface area (Å²) in [5, 5.41) is 3.84. The van der Waals surface area contributed by atoms with Gasteiger partial charge in [-0.15, -0.1) is 0 Å². The van der Waals surface area contributed by atoms with Crippen LogP contribution in [0.15, 0.2) is 61.2 Å². The molecule has 4 rings (SSSR count). The molecule has 0 atom stereocenters. The summed E-state index contributed by atoms with van der Waals surface area (Å²) in [6, 6.07) is 11.0. The van der Waals surface area contributed by atoms with Crippen LogP contribution in [-0.2, 0) is 13.1 Å². The van der Waals surface area contributed by atoms with E-state index < -0.39 is 0 Å². The van der Waals surface area contributed by atoms with Crippen molar-refractivity contribution in [2.75, 3.05) is 0 Å². The van der Waals surface area contributed by atoms with Crippen molar-refractivity contribution in [1.82, 2.24) is 24.8 Å². The number of aryl methyl sites for hydroxylation is 2. The van der Waals surface area contributed by atoms with Crippen molar-refractivity contribution >= 4 is 29.1 Å². The minimum Gasteiger partial charge on any atom is -0.347 e. The Morgan fingerprint density at radius 2 is 1.88 bits per heavy atom. The summed E-state index contributed by atoms with van der Waals surface area (Å²) in [7, 11) is 0. The zero-order valence-electron chi connectivity index (χ0n) is 17.6. The number of pyridine rings is 2. The number of benzene rings is 1. The molecule has 4 aromatic rings. The number of hydrogen-bond acceptors (Lipinski definition) is 4. The second-order valence-electron chi connectivity index (χ2n) is 7.47. The van der Waals surface area contributed by atoms with Crippen LogP contribution in [0.1, 0.15) is 33.0 Å². The van der Waals surface area contributed by atoms with Crippen LogP contribution in [0.4, 0.5) is 0 Å². The Kier molecular flexibility index (Phi) is 6.53. The lowest BCUT2D eigenvalue weighted by Gasteiger charge is -2.12. The van der Waals surface area contributed by atoms with E-state index in [0.29, 0.717) is 28.8 Å². The fourth-order valence-electron chi connectivity index (χ4n) is 3.38. The summed E-state index contributed by atoms with van der Waals surface area (Å²) >= 11 is 12.1. The SMILES string of the molecule is Cc1cnccc1-c1cc(Cn2ccnc2C)cc(C(=O)NCc2ccc(Cl)c(Cl)c2)n1. The maximum absolute atomic E-state index is 13.0. The maximum atomic E-state index is 13.0. The minimum atomic E-state index is -0.270. The van der Waals surface area contributed by atoms with Gasteiger partial charge in [0.05, 0.1) is 15.7 Å². The number of rotatable bonds is 6. The van der Waals surface area contributed by atoms with Crippen molar-refractivity contribution in [2.24, 2.45) is 0 Å². The van der Waals surface area contributed by atoms with Crippen LogP contribution in [0.25, 0.3) is 11.3 Å². The van der Waals surface area contributed by atoms with Crippen LogP contribution in [-0.4, -0.2) is 25.4 Å². The molecule has 8 heteroatoms. The summed E-state index contributed by atoms with van der Waals surface area (Å²) in [6.07, 6.45) is 7.18. The Labute approximate surface area is 196 Å². The highest BCUT2D eigenvalue weighted by atomic mass is 35.5.